The molecule has 4 rings (SSSR count). The molecule has 28 heavy (non-hydrogen) atoms. The van der Waals surface area contributed by atoms with Crippen LogP contribution >= 0.6 is 0 Å². The lowest BCUT2D eigenvalue weighted by Crippen LogP contribution is -2.46. The van der Waals surface area contributed by atoms with E-state index in [0.717, 1.165) is 17.7 Å². The normalized spacial score (nSPS) is 24.4. The van der Waals surface area contributed by atoms with Crippen molar-refractivity contribution in [2.75, 3.05) is 24.7 Å². The number of carbonyl (C=O) groups is 2. The number of hydrogen-bond acceptors (Lipinski definition) is 5. The van der Waals surface area contributed by atoms with E-state index in [1.165, 1.54) is 0 Å². The fraction of sp³-hybridized carbons (Fsp3) is 0.524. The van der Waals surface area contributed by atoms with Gasteiger partial charge in [-0.15, -0.1) is 12.3 Å². The molecule has 1 aromatic rings. The average Bonchev–Trinajstić information content (AvgIpc) is 3.39. The van der Waals surface area contributed by atoms with Gasteiger partial charge in [-0.2, -0.15) is 10.2 Å². The van der Waals surface area contributed by atoms with Crippen molar-refractivity contribution in [2.24, 2.45) is 10.2 Å². The zero-order valence-electron chi connectivity index (χ0n) is 15.8. The number of benzene rings is 1. The van der Waals surface area contributed by atoms with Crippen molar-refractivity contribution in [1.82, 2.24) is 5.32 Å². The molecule has 0 saturated carbocycles. The second-order valence-corrected chi connectivity index (χ2v) is 7.66. The number of rotatable bonds is 7. The van der Waals surface area contributed by atoms with Crippen LogP contribution < -0.4 is 10.2 Å². The second-order valence-electron chi connectivity index (χ2n) is 7.66. The topological polar surface area (TPSA) is 83.4 Å². The van der Waals surface area contributed by atoms with Gasteiger partial charge in [0.25, 0.3) is 0 Å². The number of amides is 2. The number of ether oxygens (including phenoxy) is 1. The van der Waals surface area contributed by atoms with E-state index in [1.54, 1.807) is 0 Å². The van der Waals surface area contributed by atoms with Gasteiger partial charge in [-0.1, -0.05) is 18.2 Å². The number of morpholine rings is 1. The lowest BCUT2D eigenvalue weighted by atomic mass is 9.94. The van der Waals surface area contributed by atoms with Gasteiger partial charge in [0.1, 0.15) is 6.61 Å². The molecule has 2 amide bonds. The van der Waals surface area contributed by atoms with Crippen molar-refractivity contribution < 1.29 is 14.3 Å². The largest absolute Gasteiger partial charge is 0.370 e. The summed E-state index contributed by atoms with van der Waals surface area (Å²) in [5, 5.41) is 11.2. The van der Waals surface area contributed by atoms with Gasteiger partial charge in [0.05, 0.1) is 12.6 Å². The Morgan fingerprint density at radius 3 is 2.93 bits per heavy atom. The first kappa shape index (κ1) is 18.6. The fourth-order valence-corrected chi connectivity index (χ4v) is 4.12. The van der Waals surface area contributed by atoms with Crippen LogP contribution in [0.5, 0.6) is 0 Å². The molecular formula is C21H24N4O3. The van der Waals surface area contributed by atoms with Crippen molar-refractivity contribution in [1.29, 1.82) is 0 Å². The number of nitrogens with zero attached hydrogens (tertiary/aromatic N) is 3. The molecule has 0 aromatic heterocycles. The number of hydrogen-bond donors (Lipinski definition) is 1. The quantitative estimate of drug-likeness (QED) is 0.737. The van der Waals surface area contributed by atoms with Gasteiger partial charge >= 0.3 is 0 Å². The predicted molar refractivity (Wildman–Crippen MR) is 104 cm³/mol. The van der Waals surface area contributed by atoms with E-state index >= 15 is 0 Å². The molecule has 7 heteroatoms. The van der Waals surface area contributed by atoms with Crippen molar-refractivity contribution in [3.63, 3.8) is 0 Å². The Labute approximate surface area is 164 Å². The summed E-state index contributed by atoms with van der Waals surface area (Å²) in [6.45, 7) is 1.26. The first-order valence-electron chi connectivity index (χ1n) is 9.74. The van der Waals surface area contributed by atoms with E-state index < -0.39 is 5.66 Å². The van der Waals surface area contributed by atoms with Gasteiger partial charge in [0.15, 0.2) is 5.66 Å². The Morgan fingerprint density at radius 2 is 2.18 bits per heavy atom. The van der Waals surface area contributed by atoms with Crippen LogP contribution in [-0.2, 0) is 14.3 Å². The standard InChI is InChI=1S/C21H24N4O3/c1-2-3-9-21(23-24-21)10-8-20(27)25-12-15(17-6-4-5-7-18(17)25)11-16-13-28-14-19(26)22-16/h1,4-7,15-16H,3,8-14H2,(H,22,26). The Balaban J connectivity index is 1.40. The van der Waals surface area contributed by atoms with Crippen LogP contribution in [-0.4, -0.2) is 43.3 Å². The number of fused-ring (bicyclic) bond motifs is 1. The molecule has 0 spiro atoms. The number of carbonyl (C=O) groups excluding carboxylic acids is 2. The van der Waals surface area contributed by atoms with E-state index in [0.29, 0.717) is 38.8 Å². The van der Waals surface area contributed by atoms with Crippen molar-refractivity contribution in [2.45, 2.75) is 49.7 Å². The number of para-hydroxylation sites is 1. The maximum atomic E-state index is 13.0. The molecule has 146 valence electrons. The molecule has 0 aliphatic carbocycles. The number of anilines is 1. The molecule has 7 nitrogen and oxygen atoms in total. The molecule has 1 saturated heterocycles. The zero-order chi connectivity index (χ0) is 19.6. The lowest BCUT2D eigenvalue weighted by molar-refractivity contribution is -0.131. The fourth-order valence-electron chi connectivity index (χ4n) is 4.12. The maximum Gasteiger partial charge on any atom is 0.246 e. The highest BCUT2D eigenvalue weighted by Gasteiger charge is 2.41. The van der Waals surface area contributed by atoms with Crippen LogP contribution in [0.3, 0.4) is 0 Å². The zero-order valence-corrected chi connectivity index (χ0v) is 15.8. The monoisotopic (exact) mass is 380 g/mol. The first-order valence-corrected chi connectivity index (χ1v) is 9.74. The van der Waals surface area contributed by atoms with Crippen LogP contribution in [0.1, 0.15) is 43.6 Å². The summed E-state index contributed by atoms with van der Waals surface area (Å²) in [4.78, 5) is 26.4. The summed E-state index contributed by atoms with van der Waals surface area (Å²) in [5.74, 6) is 2.79. The Bertz CT molecular complexity index is 838. The van der Waals surface area contributed by atoms with Gasteiger partial charge in [0.2, 0.25) is 11.8 Å². The molecule has 2 atom stereocenters. The molecule has 1 fully saturated rings. The highest BCUT2D eigenvalue weighted by atomic mass is 16.5. The minimum Gasteiger partial charge on any atom is -0.370 e. The molecule has 1 aromatic carbocycles. The van der Waals surface area contributed by atoms with Crippen LogP contribution in [0.25, 0.3) is 0 Å². The Hall–Kier alpha value is -2.72. The molecule has 3 heterocycles. The Morgan fingerprint density at radius 1 is 1.36 bits per heavy atom. The minimum absolute atomic E-state index is 0.0227. The van der Waals surface area contributed by atoms with Gasteiger partial charge in [-0.25, -0.2) is 0 Å². The number of terminal acetylenes is 1. The van der Waals surface area contributed by atoms with Gasteiger partial charge in [-0.3, -0.25) is 9.59 Å². The third-order valence-corrected chi connectivity index (χ3v) is 5.65. The summed E-state index contributed by atoms with van der Waals surface area (Å²) in [7, 11) is 0. The third kappa shape index (κ3) is 3.92. The van der Waals surface area contributed by atoms with Crippen LogP contribution in [0.4, 0.5) is 5.69 Å². The van der Waals surface area contributed by atoms with Crippen LogP contribution in [0, 0.1) is 12.3 Å². The molecule has 3 aliphatic heterocycles. The molecular weight excluding hydrogens is 356 g/mol. The van der Waals surface area contributed by atoms with E-state index in [1.807, 2.05) is 23.1 Å². The average molecular weight is 380 g/mol. The summed E-state index contributed by atoms with van der Waals surface area (Å²) in [5.41, 5.74) is 1.67. The molecule has 0 radical (unpaired) electrons. The van der Waals surface area contributed by atoms with Gasteiger partial charge in [0, 0.05) is 43.8 Å². The lowest BCUT2D eigenvalue weighted by Gasteiger charge is -2.26. The van der Waals surface area contributed by atoms with Crippen molar-refractivity contribution in [3.8, 4) is 12.3 Å². The maximum absolute atomic E-state index is 13.0. The van der Waals surface area contributed by atoms with E-state index in [2.05, 4.69) is 27.5 Å². The molecule has 3 aliphatic rings. The van der Waals surface area contributed by atoms with Crippen molar-refractivity contribution in [3.05, 3.63) is 29.8 Å². The molecule has 1 N–H and O–H groups in total. The second kappa shape index (κ2) is 7.72. The molecule has 2 unspecified atom stereocenters. The van der Waals surface area contributed by atoms with E-state index in [9.17, 15) is 9.59 Å². The van der Waals surface area contributed by atoms with E-state index in [4.69, 9.17) is 11.2 Å². The summed E-state index contributed by atoms with van der Waals surface area (Å²) in [6.07, 6.45) is 8.40. The number of nitrogens with one attached hydrogen (secondary N) is 1. The van der Waals surface area contributed by atoms with Crippen LogP contribution in [0.2, 0.25) is 0 Å². The summed E-state index contributed by atoms with van der Waals surface area (Å²) in [6, 6.07) is 7.98. The summed E-state index contributed by atoms with van der Waals surface area (Å²) < 4.78 is 5.35. The highest BCUT2D eigenvalue weighted by molar-refractivity contribution is 5.96. The third-order valence-electron chi connectivity index (χ3n) is 5.65. The summed E-state index contributed by atoms with van der Waals surface area (Å²) >= 11 is 0. The SMILES string of the molecule is C#CCCC1(CCC(=O)N2CC(CC3COCC(=O)N3)c3ccccc32)N=N1. The van der Waals surface area contributed by atoms with Gasteiger partial charge in [-0.05, 0) is 18.1 Å². The van der Waals surface area contributed by atoms with E-state index in [-0.39, 0.29) is 30.4 Å². The van der Waals surface area contributed by atoms with Crippen molar-refractivity contribution >= 4 is 17.5 Å². The first-order chi connectivity index (χ1) is 13.6. The minimum atomic E-state index is -0.440. The Kier molecular flexibility index (Phi) is 5.14. The smallest absolute Gasteiger partial charge is 0.246 e. The van der Waals surface area contributed by atoms with Gasteiger partial charge < -0.3 is 15.0 Å². The highest BCUT2D eigenvalue weighted by Crippen LogP contribution is 2.41. The van der Waals surface area contributed by atoms with Crippen LogP contribution in [0.15, 0.2) is 34.5 Å². The predicted octanol–water partition coefficient (Wildman–Crippen LogP) is 2.38. The molecule has 0 bridgehead atoms.